The number of amides is 1. The predicted molar refractivity (Wildman–Crippen MR) is 115 cm³/mol. The summed E-state index contributed by atoms with van der Waals surface area (Å²) in [6.07, 6.45) is 1.69. The van der Waals surface area contributed by atoms with Gasteiger partial charge in [-0.3, -0.25) is 24.3 Å². The molecule has 1 amide bonds. The third kappa shape index (κ3) is 4.50. The number of aliphatic hydroxyl groups excluding tert-OH is 1. The van der Waals surface area contributed by atoms with E-state index in [0.717, 1.165) is 5.56 Å². The number of anilines is 1. The summed E-state index contributed by atoms with van der Waals surface area (Å²) in [5.41, 5.74) is 0.925. The summed E-state index contributed by atoms with van der Waals surface area (Å²) in [7, 11) is 0. The quantitative estimate of drug-likeness (QED) is 0.713. The van der Waals surface area contributed by atoms with Crippen molar-refractivity contribution in [1.29, 1.82) is 0 Å². The maximum absolute atomic E-state index is 13.1. The van der Waals surface area contributed by atoms with Crippen LogP contribution in [-0.2, 0) is 25.5 Å². The third-order valence-corrected chi connectivity index (χ3v) is 4.97. The topological polar surface area (TPSA) is 96.8 Å². The molecule has 31 heavy (non-hydrogen) atoms. The van der Waals surface area contributed by atoms with Crippen LogP contribution in [0.2, 0.25) is 0 Å². The number of esters is 1. The molecule has 1 atom stereocenters. The monoisotopic (exact) mass is 422 g/mol. The van der Waals surface area contributed by atoms with Crippen LogP contribution in [0.15, 0.2) is 60.0 Å². The van der Waals surface area contributed by atoms with Crippen LogP contribution in [-0.4, -0.2) is 34.4 Å². The number of hydrogen-bond acceptors (Lipinski definition) is 6. The molecule has 0 saturated carbocycles. The Morgan fingerprint density at radius 1 is 1.13 bits per heavy atom. The molecule has 162 valence electrons. The zero-order chi connectivity index (χ0) is 22.8. The number of ether oxygens (including phenoxy) is 1. The number of Topliss-reactive ketones (excluding diaryl/α,β-unsaturated/α-hetero) is 1. The molecule has 2 heterocycles. The van der Waals surface area contributed by atoms with Crippen molar-refractivity contribution < 1.29 is 24.2 Å². The van der Waals surface area contributed by atoms with Crippen molar-refractivity contribution in [2.24, 2.45) is 5.41 Å². The molecule has 1 aliphatic heterocycles. The van der Waals surface area contributed by atoms with Crippen LogP contribution in [0.5, 0.6) is 0 Å². The van der Waals surface area contributed by atoms with E-state index in [0.29, 0.717) is 18.0 Å². The maximum Gasteiger partial charge on any atom is 0.310 e. The number of ketones is 1. The van der Waals surface area contributed by atoms with Crippen LogP contribution in [0, 0.1) is 5.41 Å². The van der Waals surface area contributed by atoms with Gasteiger partial charge in [0.25, 0.3) is 5.91 Å². The van der Waals surface area contributed by atoms with Crippen LogP contribution >= 0.6 is 0 Å². The van der Waals surface area contributed by atoms with E-state index in [1.807, 2.05) is 0 Å². The largest absolute Gasteiger partial charge is 0.503 e. The number of pyridine rings is 1. The van der Waals surface area contributed by atoms with Gasteiger partial charge in [-0.1, -0.05) is 39.0 Å². The molecule has 1 N–H and O–H groups in total. The minimum atomic E-state index is -0.851. The second kappa shape index (κ2) is 8.71. The molecule has 1 aliphatic rings. The van der Waals surface area contributed by atoms with E-state index < -0.39 is 23.1 Å². The molecule has 7 nitrogen and oxygen atoms in total. The summed E-state index contributed by atoms with van der Waals surface area (Å²) in [5.74, 6) is -1.89. The molecule has 0 radical (unpaired) electrons. The molecule has 1 unspecified atom stereocenters. The predicted octanol–water partition coefficient (Wildman–Crippen LogP) is 3.70. The van der Waals surface area contributed by atoms with Crippen molar-refractivity contribution >= 4 is 23.3 Å². The summed E-state index contributed by atoms with van der Waals surface area (Å²) >= 11 is 0. The normalized spacial score (nSPS) is 16.6. The minimum absolute atomic E-state index is 0.0341. The SMILES string of the molecule is CCOC(=O)Cc1ccc(N2C(=O)C(O)=C(C(=O)C(C)(C)C)C2c2ccccn2)cc1. The summed E-state index contributed by atoms with van der Waals surface area (Å²) < 4.78 is 4.97. The number of carbonyl (C=O) groups excluding carboxylic acids is 3. The van der Waals surface area contributed by atoms with Crippen molar-refractivity contribution in [1.82, 2.24) is 4.98 Å². The smallest absolute Gasteiger partial charge is 0.310 e. The summed E-state index contributed by atoms with van der Waals surface area (Å²) in [5, 5.41) is 10.7. The van der Waals surface area contributed by atoms with Gasteiger partial charge in [-0.05, 0) is 36.8 Å². The number of nitrogens with zero attached hydrogens (tertiary/aromatic N) is 2. The molecule has 1 aromatic carbocycles. The van der Waals surface area contributed by atoms with Gasteiger partial charge in [0.2, 0.25) is 0 Å². The zero-order valence-electron chi connectivity index (χ0n) is 18.1. The average Bonchev–Trinajstić information content (AvgIpc) is 2.99. The molecule has 0 aliphatic carbocycles. The number of aliphatic hydroxyl groups is 1. The van der Waals surface area contributed by atoms with Crippen molar-refractivity contribution in [3.8, 4) is 0 Å². The van der Waals surface area contributed by atoms with E-state index >= 15 is 0 Å². The fourth-order valence-electron chi connectivity index (χ4n) is 3.48. The van der Waals surface area contributed by atoms with Gasteiger partial charge < -0.3 is 9.84 Å². The van der Waals surface area contributed by atoms with Crippen LogP contribution in [0.4, 0.5) is 5.69 Å². The number of hydrogen-bond donors (Lipinski definition) is 1. The molecular formula is C24H26N2O5. The van der Waals surface area contributed by atoms with Crippen molar-refractivity contribution in [3.63, 3.8) is 0 Å². The van der Waals surface area contributed by atoms with E-state index in [1.165, 1.54) is 4.90 Å². The molecule has 3 rings (SSSR count). The van der Waals surface area contributed by atoms with E-state index in [4.69, 9.17) is 4.74 Å². The fourth-order valence-corrected chi connectivity index (χ4v) is 3.48. The van der Waals surface area contributed by atoms with Crippen LogP contribution in [0.25, 0.3) is 0 Å². The minimum Gasteiger partial charge on any atom is -0.503 e. The van der Waals surface area contributed by atoms with E-state index in [2.05, 4.69) is 4.98 Å². The van der Waals surface area contributed by atoms with Gasteiger partial charge in [0.05, 0.1) is 24.3 Å². The number of benzene rings is 1. The second-order valence-electron chi connectivity index (χ2n) is 8.32. The van der Waals surface area contributed by atoms with E-state index in [1.54, 1.807) is 76.4 Å². The first-order valence-electron chi connectivity index (χ1n) is 10.1. The van der Waals surface area contributed by atoms with Crippen LogP contribution < -0.4 is 4.90 Å². The Morgan fingerprint density at radius 3 is 2.35 bits per heavy atom. The highest BCUT2D eigenvalue weighted by Gasteiger charge is 2.47. The molecule has 7 heteroatoms. The third-order valence-electron chi connectivity index (χ3n) is 4.97. The first-order chi connectivity index (χ1) is 14.6. The van der Waals surface area contributed by atoms with Crippen LogP contribution in [0.3, 0.4) is 0 Å². The standard InChI is InChI=1S/C24H26N2O5/c1-5-31-18(27)14-15-9-11-16(12-10-15)26-20(17-8-6-7-13-25-17)19(21(28)23(26)30)22(29)24(2,3)4/h6-13,20,28H,5,14H2,1-4H3. The lowest BCUT2D eigenvalue weighted by Gasteiger charge is -2.28. The zero-order valence-corrected chi connectivity index (χ0v) is 18.1. The molecule has 0 saturated heterocycles. The van der Waals surface area contributed by atoms with E-state index in [-0.39, 0.29) is 23.7 Å². The van der Waals surface area contributed by atoms with Crippen molar-refractivity contribution in [2.75, 3.05) is 11.5 Å². The number of aromatic nitrogens is 1. The van der Waals surface area contributed by atoms with Gasteiger partial charge in [-0.2, -0.15) is 0 Å². The Balaban J connectivity index is 2.02. The Hall–Kier alpha value is -3.48. The van der Waals surface area contributed by atoms with Gasteiger partial charge in [0.15, 0.2) is 11.5 Å². The Morgan fingerprint density at radius 2 is 1.81 bits per heavy atom. The van der Waals surface area contributed by atoms with Crippen molar-refractivity contribution in [2.45, 2.75) is 40.2 Å². The lowest BCUT2D eigenvalue weighted by Crippen LogP contribution is -2.33. The first kappa shape index (κ1) is 22.2. The van der Waals surface area contributed by atoms with Crippen LogP contribution in [0.1, 0.15) is 45.0 Å². The van der Waals surface area contributed by atoms with Gasteiger partial charge in [0.1, 0.15) is 6.04 Å². The highest BCUT2D eigenvalue weighted by molar-refractivity contribution is 6.17. The van der Waals surface area contributed by atoms with Gasteiger partial charge >= 0.3 is 5.97 Å². The summed E-state index contributed by atoms with van der Waals surface area (Å²) in [4.78, 5) is 43.6. The number of rotatable bonds is 6. The molecule has 0 fully saturated rings. The van der Waals surface area contributed by atoms with E-state index in [9.17, 15) is 19.5 Å². The highest BCUT2D eigenvalue weighted by Crippen LogP contribution is 2.42. The second-order valence-corrected chi connectivity index (χ2v) is 8.32. The molecular weight excluding hydrogens is 396 g/mol. The Kier molecular flexibility index (Phi) is 6.24. The molecule has 0 spiro atoms. The fraction of sp³-hybridized carbons (Fsp3) is 0.333. The maximum atomic E-state index is 13.1. The first-order valence-corrected chi connectivity index (χ1v) is 10.1. The average molecular weight is 422 g/mol. The molecule has 1 aromatic heterocycles. The van der Waals surface area contributed by atoms with Gasteiger partial charge in [-0.25, -0.2) is 0 Å². The lowest BCUT2D eigenvalue weighted by molar-refractivity contribution is -0.142. The Bertz CT molecular complexity index is 1020. The van der Waals surface area contributed by atoms with Gasteiger partial charge in [-0.15, -0.1) is 0 Å². The van der Waals surface area contributed by atoms with Crippen molar-refractivity contribution in [3.05, 3.63) is 71.3 Å². The Labute approximate surface area is 181 Å². The number of carbonyl (C=O) groups is 3. The molecule has 0 bridgehead atoms. The highest BCUT2D eigenvalue weighted by atomic mass is 16.5. The lowest BCUT2D eigenvalue weighted by atomic mass is 9.83. The van der Waals surface area contributed by atoms with Gasteiger partial charge in [0, 0.05) is 17.3 Å². The summed E-state index contributed by atoms with van der Waals surface area (Å²) in [6, 6.07) is 11.2. The molecule has 2 aromatic rings. The summed E-state index contributed by atoms with van der Waals surface area (Å²) in [6.45, 7) is 7.27.